The minimum Gasteiger partial charge on any atom is -0.476 e. The highest BCUT2D eigenvalue weighted by atomic mass is 16.5. The van der Waals surface area contributed by atoms with Gasteiger partial charge in [-0.15, -0.1) is 0 Å². The van der Waals surface area contributed by atoms with Crippen molar-refractivity contribution >= 4 is 12.0 Å². The van der Waals surface area contributed by atoms with Crippen LogP contribution in [0.4, 0.5) is 0 Å². The predicted molar refractivity (Wildman–Crippen MR) is 62.9 cm³/mol. The first-order valence-electron chi connectivity index (χ1n) is 5.32. The minimum absolute atomic E-state index is 0.348. The van der Waals surface area contributed by atoms with Gasteiger partial charge in [-0.3, -0.25) is 0 Å². The van der Waals surface area contributed by atoms with Crippen LogP contribution in [0.25, 0.3) is 6.08 Å². The van der Waals surface area contributed by atoms with Gasteiger partial charge in [0.05, 0.1) is 6.04 Å². The van der Waals surface area contributed by atoms with Crippen LogP contribution < -0.4 is 0 Å². The van der Waals surface area contributed by atoms with Crippen LogP contribution in [0.2, 0.25) is 0 Å². The van der Waals surface area contributed by atoms with Crippen LogP contribution >= 0.6 is 0 Å². The molecular weight excluding hydrogens is 186 g/mol. The van der Waals surface area contributed by atoms with E-state index in [-0.39, 0.29) is 0 Å². The second kappa shape index (κ2) is 4.78. The third kappa shape index (κ3) is 2.69. The van der Waals surface area contributed by atoms with Gasteiger partial charge < -0.3 is 4.74 Å². The van der Waals surface area contributed by atoms with Crippen molar-refractivity contribution in [1.82, 2.24) is 0 Å². The number of rotatable bonds is 3. The van der Waals surface area contributed by atoms with Crippen molar-refractivity contribution in [2.24, 2.45) is 4.99 Å². The van der Waals surface area contributed by atoms with Crippen molar-refractivity contribution in [3.05, 3.63) is 42.0 Å². The lowest BCUT2D eigenvalue weighted by Gasteiger charge is -1.96. The summed E-state index contributed by atoms with van der Waals surface area (Å²) in [6.45, 7) is 2.85. The Labute approximate surface area is 90.3 Å². The summed E-state index contributed by atoms with van der Waals surface area (Å²) in [4.78, 5) is 4.43. The van der Waals surface area contributed by atoms with E-state index in [4.69, 9.17) is 4.74 Å². The van der Waals surface area contributed by atoms with Gasteiger partial charge in [0.25, 0.3) is 0 Å². The zero-order valence-corrected chi connectivity index (χ0v) is 8.89. The maximum absolute atomic E-state index is 5.44. The van der Waals surface area contributed by atoms with Gasteiger partial charge in [-0.25, -0.2) is 4.99 Å². The van der Waals surface area contributed by atoms with Gasteiger partial charge in [-0.05, 0) is 18.1 Å². The quantitative estimate of drug-likeness (QED) is 0.736. The van der Waals surface area contributed by atoms with E-state index in [9.17, 15) is 0 Å². The van der Waals surface area contributed by atoms with Crippen LogP contribution in [0.1, 0.15) is 18.9 Å². The lowest BCUT2D eigenvalue weighted by atomic mass is 10.2. The van der Waals surface area contributed by atoms with Gasteiger partial charge in [0.2, 0.25) is 5.90 Å². The Bertz CT molecular complexity index is 367. The summed E-state index contributed by atoms with van der Waals surface area (Å²) in [5.41, 5.74) is 1.17. The van der Waals surface area contributed by atoms with E-state index in [2.05, 4.69) is 24.0 Å². The second-order valence-electron chi connectivity index (χ2n) is 3.58. The van der Waals surface area contributed by atoms with E-state index in [0.717, 1.165) is 18.9 Å². The molecule has 0 radical (unpaired) electrons. The Morgan fingerprint density at radius 1 is 1.33 bits per heavy atom. The summed E-state index contributed by atoms with van der Waals surface area (Å²) in [7, 11) is 0. The van der Waals surface area contributed by atoms with Crippen molar-refractivity contribution < 1.29 is 4.74 Å². The van der Waals surface area contributed by atoms with Crippen molar-refractivity contribution in [2.45, 2.75) is 19.4 Å². The lowest BCUT2D eigenvalue weighted by Crippen LogP contribution is -2.02. The molecule has 1 atom stereocenters. The smallest absolute Gasteiger partial charge is 0.209 e. The molecule has 0 bridgehead atoms. The molecule has 1 aromatic rings. The third-order valence-corrected chi connectivity index (χ3v) is 2.42. The molecule has 2 nitrogen and oxygen atoms in total. The molecule has 1 unspecified atom stereocenters. The van der Waals surface area contributed by atoms with Gasteiger partial charge in [-0.1, -0.05) is 37.3 Å². The first-order valence-corrected chi connectivity index (χ1v) is 5.32. The first-order chi connectivity index (χ1) is 7.38. The number of nitrogens with zero attached hydrogens (tertiary/aromatic N) is 1. The fourth-order valence-corrected chi connectivity index (χ4v) is 1.47. The SMILES string of the molecule is CCC1COC(/C=C/c2ccccc2)=N1. The molecule has 0 aliphatic carbocycles. The number of benzene rings is 1. The summed E-state index contributed by atoms with van der Waals surface area (Å²) in [6, 6.07) is 10.5. The fraction of sp³-hybridized carbons (Fsp3) is 0.308. The molecule has 0 saturated carbocycles. The summed E-state index contributed by atoms with van der Waals surface area (Å²) < 4.78 is 5.44. The largest absolute Gasteiger partial charge is 0.476 e. The summed E-state index contributed by atoms with van der Waals surface area (Å²) >= 11 is 0. The highest BCUT2D eigenvalue weighted by Crippen LogP contribution is 2.10. The average molecular weight is 201 g/mol. The molecule has 0 N–H and O–H groups in total. The van der Waals surface area contributed by atoms with Crippen LogP contribution in [0.3, 0.4) is 0 Å². The highest BCUT2D eigenvalue weighted by Gasteiger charge is 2.13. The molecule has 0 fully saturated rings. The molecule has 1 aliphatic rings. The van der Waals surface area contributed by atoms with E-state index in [1.165, 1.54) is 5.56 Å². The number of aliphatic imine (C=N–C) groups is 1. The van der Waals surface area contributed by atoms with Gasteiger partial charge in [-0.2, -0.15) is 0 Å². The van der Waals surface area contributed by atoms with Crippen LogP contribution in [-0.2, 0) is 4.74 Å². The zero-order valence-electron chi connectivity index (χ0n) is 8.89. The second-order valence-corrected chi connectivity index (χ2v) is 3.58. The minimum atomic E-state index is 0.348. The summed E-state index contributed by atoms with van der Waals surface area (Å²) in [5, 5.41) is 0. The van der Waals surface area contributed by atoms with Gasteiger partial charge in [0.1, 0.15) is 6.61 Å². The third-order valence-electron chi connectivity index (χ3n) is 2.42. The Kier molecular flexibility index (Phi) is 3.18. The van der Waals surface area contributed by atoms with Crippen molar-refractivity contribution in [1.29, 1.82) is 0 Å². The fourth-order valence-electron chi connectivity index (χ4n) is 1.47. The van der Waals surface area contributed by atoms with Crippen LogP contribution in [0, 0.1) is 0 Å². The van der Waals surface area contributed by atoms with Gasteiger partial charge in [0.15, 0.2) is 0 Å². The molecule has 0 saturated heterocycles. The average Bonchev–Trinajstić information content (AvgIpc) is 2.76. The normalized spacial score (nSPS) is 20.3. The Balaban J connectivity index is 2.01. The molecule has 2 rings (SSSR count). The van der Waals surface area contributed by atoms with Crippen molar-refractivity contribution in [3.8, 4) is 0 Å². The molecule has 0 spiro atoms. The summed E-state index contributed by atoms with van der Waals surface area (Å²) in [6.07, 6.45) is 5.00. The molecule has 78 valence electrons. The molecule has 1 aromatic carbocycles. The molecule has 0 aromatic heterocycles. The Hall–Kier alpha value is -1.57. The number of hydrogen-bond donors (Lipinski definition) is 0. The molecule has 15 heavy (non-hydrogen) atoms. The highest BCUT2D eigenvalue weighted by molar-refractivity contribution is 5.92. The summed E-state index contributed by atoms with van der Waals surface area (Å²) in [5.74, 6) is 0.755. The topological polar surface area (TPSA) is 21.6 Å². The van der Waals surface area contributed by atoms with Crippen LogP contribution in [-0.4, -0.2) is 18.5 Å². The Morgan fingerprint density at radius 3 is 2.80 bits per heavy atom. The maximum Gasteiger partial charge on any atom is 0.209 e. The van der Waals surface area contributed by atoms with E-state index in [1.807, 2.05) is 30.4 Å². The van der Waals surface area contributed by atoms with Crippen molar-refractivity contribution in [2.75, 3.05) is 6.61 Å². The van der Waals surface area contributed by atoms with Crippen LogP contribution in [0.15, 0.2) is 41.4 Å². The molecule has 2 heteroatoms. The van der Waals surface area contributed by atoms with E-state index >= 15 is 0 Å². The standard InChI is InChI=1S/C13H15NO/c1-2-12-10-15-13(14-12)9-8-11-6-4-3-5-7-11/h3-9,12H,2,10H2,1H3/b9-8+. The number of ether oxygens (including phenoxy) is 1. The monoisotopic (exact) mass is 201 g/mol. The molecule has 1 heterocycles. The Morgan fingerprint density at radius 2 is 2.13 bits per heavy atom. The predicted octanol–water partition coefficient (Wildman–Crippen LogP) is 2.91. The van der Waals surface area contributed by atoms with E-state index < -0.39 is 0 Å². The van der Waals surface area contributed by atoms with Gasteiger partial charge in [0, 0.05) is 6.08 Å². The van der Waals surface area contributed by atoms with E-state index in [0.29, 0.717) is 6.04 Å². The van der Waals surface area contributed by atoms with Gasteiger partial charge >= 0.3 is 0 Å². The zero-order chi connectivity index (χ0) is 10.5. The van der Waals surface area contributed by atoms with E-state index in [1.54, 1.807) is 0 Å². The lowest BCUT2D eigenvalue weighted by molar-refractivity contribution is 0.316. The van der Waals surface area contributed by atoms with Crippen molar-refractivity contribution in [3.63, 3.8) is 0 Å². The van der Waals surface area contributed by atoms with Crippen LogP contribution in [0.5, 0.6) is 0 Å². The maximum atomic E-state index is 5.44. The first kappa shape index (κ1) is 9.97. The molecule has 0 amide bonds. The molecule has 1 aliphatic heterocycles. The number of hydrogen-bond acceptors (Lipinski definition) is 2. The molecular formula is C13H15NO.